The van der Waals surface area contributed by atoms with Gasteiger partial charge in [-0.1, -0.05) is 37.0 Å². The fraction of sp³-hybridized carbons (Fsp3) is 0.429. The summed E-state index contributed by atoms with van der Waals surface area (Å²) in [4.78, 5) is 37.6. The predicted octanol–water partition coefficient (Wildman–Crippen LogP) is 2.37. The Morgan fingerprint density at radius 1 is 1.20 bits per heavy atom. The Morgan fingerprint density at radius 3 is 2.63 bits per heavy atom. The molecule has 4 heterocycles. The van der Waals surface area contributed by atoms with E-state index >= 15 is 0 Å². The number of hydrogen-bond acceptors (Lipinski definition) is 7. The summed E-state index contributed by atoms with van der Waals surface area (Å²) in [5.74, 6) is 0.502. The first-order chi connectivity index (χ1) is 14.4. The summed E-state index contributed by atoms with van der Waals surface area (Å²) in [6, 6.07) is 3.81. The van der Waals surface area contributed by atoms with Gasteiger partial charge in [0, 0.05) is 38.9 Å². The molecule has 0 bridgehead atoms. The summed E-state index contributed by atoms with van der Waals surface area (Å²) in [7, 11) is 2.09. The number of aromatic nitrogens is 2. The highest BCUT2D eigenvalue weighted by molar-refractivity contribution is 8.26. The fourth-order valence-corrected chi connectivity index (χ4v) is 4.97. The van der Waals surface area contributed by atoms with Crippen molar-refractivity contribution in [3.05, 3.63) is 44.7 Å². The standard InChI is InChI=1S/C21H25N5O2S2/c1-4-7-25-20(28)16(30-21(25)29)12-15-18(24-10-8-23(3)9-11-24)22-17-6-5-14(2)13-26(17)19(15)27/h5-6,12-13H,4,7-11H2,1-3H3. The van der Waals surface area contributed by atoms with E-state index in [4.69, 9.17) is 17.2 Å². The maximum Gasteiger partial charge on any atom is 0.267 e. The molecule has 2 aromatic rings. The molecule has 0 unspecified atom stereocenters. The summed E-state index contributed by atoms with van der Waals surface area (Å²) in [6.45, 7) is 7.89. The van der Waals surface area contributed by atoms with Gasteiger partial charge in [0.15, 0.2) is 0 Å². The lowest BCUT2D eigenvalue weighted by molar-refractivity contribution is -0.122. The van der Waals surface area contributed by atoms with E-state index in [9.17, 15) is 9.59 Å². The van der Waals surface area contributed by atoms with Crippen LogP contribution in [-0.4, -0.2) is 69.2 Å². The van der Waals surface area contributed by atoms with Gasteiger partial charge in [-0.15, -0.1) is 0 Å². The van der Waals surface area contributed by atoms with Crippen LogP contribution >= 0.6 is 24.0 Å². The van der Waals surface area contributed by atoms with Crippen molar-refractivity contribution < 1.29 is 4.79 Å². The van der Waals surface area contributed by atoms with Gasteiger partial charge in [0.1, 0.15) is 15.8 Å². The Balaban J connectivity index is 1.86. The van der Waals surface area contributed by atoms with Crippen molar-refractivity contribution in [1.82, 2.24) is 19.2 Å². The zero-order chi connectivity index (χ0) is 21.4. The van der Waals surface area contributed by atoms with Crippen LogP contribution in [0.3, 0.4) is 0 Å². The first kappa shape index (κ1) is 21.0. The van der Waals surface area contributed by atoms with Crippen LogP contribution < -0.4 is 10.5 Å². The van der Waals surface area contributed by atoms with E-state index in [0.717, 1.165) is 38.2 Å². The molecule has 0 saturated carbocycles. The first-order valence-corrected chi connectivity index (χ1v) is 11.3. The number of hydrogen-bond donors (Lipinski definition) is 0. The van der Waals surface area contributed by atoms with Crippen molar-refractivity contribution >= 4 is 51.7 Å². The Kier molecular flexibility index (Phi) is 5.95. The van der Waals surface area contributed by atoms with Crippen molar-refractivity contribution in [1.29, 1.82) is 0 Å². The molecule has 0 radical (unpaired) electrons. The lowest BCUT2D eigenvalue weighted by Gasteiger charge is -2.34. The molecular weight excluding hydrogens is 418 g/mol. The van der Waals surface area contributed by atoms with E-state index in [1.807, 2.05) is 26.0 Å². The SMILES string of the molecule is CCCN1C(=O)C(=Cc2c(N3CCN(C)CC3)nc3ccc(C)cn3c2=O)SC1=S. The van der Waals surface area contributed by atoms with E-state index in [1.54, 1.807) is 21.6 Å². The number of aryl methyl sites for hydroxylation is 1. The molecule has 1 amide bonds. The Morgan fingerprint density at radius 2 is 1.93 bits per heavy atom. The third-order valence-electron chi connectivity index (χ3n) is 5.38. The van der Waals surface area contributed by atoms with Gasteiger partial charge in [0.25, 0.3) is 11.5 Å². The minimum atomic E-state index is -0.168. The average molecular weight is 444 g/mol. The van der Waals surface area contributed by atoms with Crippen molar-refractivity contribution in [2.45, 2.75) is 20.3 Å². The van der Waals surface area contributed by atoms with Gasteiger partial charge < -0.3 is 9.80 Å². The van der Waals surface area contributed by atoms with Crippen molar-refractivity contribution in [3.63, 3.8) is 0 Å². The number of carbonyl (C=O) groups is 1. The average Bonchev–Trinajstić information content (AvgIpc) is 2.99. The molecule has 0 atom stereocenters. The fourth-order valence-electron chi connectivity index (χ4n) is 3.68. The number of pyridine rings is 1. The molecule has 2 aliphatic heterocycles. The number of thioether (sulfide) groups is 1. The normalized spacial score (nSPS) is 19.5. The molecule has 2 fully saturated rings. The molecule has 2 saturated heterocycles. The monoisotopic (exact) mass is 443 g/mol. The van der Waals surface area contributed by atoms with Crippen molar-refractivity contribution in [2.24, 2.45) is 0 Å². The number of amides is 1. The number of rotatable bonds is 4. The zero-order valence-corrected chi connectivity index (χ0v) is 19.1. The number of anilines is 1. The third-order valence-corrected chi connectivity index (χ3v) is 6.76. The molecule has 9 heteroatoms. The maximum atomic E-state index is 13.5. The van der Waals surface area contributed by atoms with Crippen LogP contribution in [-0.2, 0) is 4.79 Å². The van der Waals surface area contributed by atoms with E-state index in [-0.39, 0.29) is 11.5 Å². The predicted molar refractivity (Wildman–Crippen MR) is 126 cm³/mol. The number of piperazine rings is 1. The molecule has 2 aromatic heterocycles. The van der Waals surface area contributed by atoms with Crippen LogP contribution in [0.5, 0.6) is 0 Å². The maximum absolute atomic E-state index is 13.5. The molecule has 0 N–H and O–H groups in total. The van der Waals surface area contributed by atoms with Crippen LogP contribution in [0.15, 0.2) is 28.0 Å². The number of nitrogens with zero attached hydrogens (tertiary/aromatic N) is 5. The van der Waals surface area contributed by atoms with Crippen LogP contribution in [0.1, 0.15) is 24.5 Å². The number of carbonyl (C=O) groups excluding carboxylic acids is 1. The van der Waals surface area contributed by atoms with Crippen LogP contribution in [0.4, 0.5) is 5.82 Å². The number of likely N-dealkylation sites (N-methyl/N-ethyl adjacent to an activating group) is 1. The van der Waals surface area contributed by atoms with Gasteiger partial charge in [-0.25, -0.2) is 4.98 Å². The number of fused-ring (bicyclic) bond motifs is 1. The summed E-state index contributed by atoms with van der Waals surface area (Å²) < 4.78 is 2.10. The molecule has 30 heavy (non-hydrogen) atoms. The molecule has 0 aliphatic carbocycles. The molecule has 4 rings (SSSR count). The van der Waals surface area contributed by atoms with E-state index < -0.39 is 0 Å². The largest absolute Gasteiger partial charge is 0.353 e. The van der Waals surface area contributed by atoms with Gasteiger partial charge in [-0.2, -0.15) is 0 Å². The Labute approximate surface area is 185 Å². The van der Waals surface area contributed by atoms with Gasteiger partial charge in [-0.05, 0) is 38.1 Å². The highest BCUT2D eigenvalue weighted by Gasteiger charge is 2.32. The molecule has 0 aromatic carbocycles. The van der Waals surface area contributed by atoms with Crippen molar-refractivity contribution in [2.75, 3.05) is 44.7 Å². The Hall–Kier alpha value is -2.23. The topological polar surface area (TPSA) is 61.2 Å². The zero-order valence-electron chi connectivity index (χ0n) is 17.4. The highest BCUT2D eigenvalue weighted by atomic mass is 32.2. The van der Waals surface area contributed by atoms with Crippen molar-refractivity contribution in [3.8, 4) is 0 Å². The molecule has 2 aliphatic rings. The summed E-state index contributed by atoms with van der Waals surface area (Å²) in [6.07, 6.45) is 4.30. The number of thiocarbonyl (C=S) groups is 1. The van der Waals surface area contributed by atoms with E-state index in [1.165, 1.54) is 11.8 Å². The lowest BCUT2D eigenvalue weighted by atomic mass is 10.2. The van der Waals surface area contributed by atoms with E-state index in [0.29, 0.717) is 32.8 Å². The molecule has 0 spiro atoms. The second-order valence-corrected chi connectivity index (χ2v) is 9.39. The van der Waals surface area contributed by atoms with Crippen LogP contribution in [0.25, 0.3) is 11.7 Å². The first-order valence-electron chi connectivity index (χ1n) is 10.1. The van der Waals surface area contributed by atoms with Crippen LogP contribution in [0, 0.1) is 6.92 Å². The molecule has 158 valence electrons. The second kappa shape index (κ2) is 8.49. The highest BCUT2D eigenvalue weighted by Crippen LogP contribution is 2.33. The van der Waals surface area contributed by atoms with Crippen LogP contribution in [0.2, 0.25) is 0 Å². The van der Waals surface area contributed by atoms with Gasteiger partial charge in [0.2, 0.25) is 0 Å². The third kappa shape index (κ3) is 3.89. The second-order valence-electron chi connectivity index (χ2n) is 7.71. The minimum absolute atomic E-state index is 0.134. The van der Waals surface area contributed by atoms with Gasteiger partial charge in [0.05, 0.1) is 10.5 Å². The van der Waals surface area contributed by atoms with E-state index in [2.05, 4.69) is 16.8 Å². The summed E-state index contributed by atoms with van der Waals surface area (Å²) >= 11 is 6.64. The molecule has 7 nitrogen and oxygen atoms in total. The summed E-state index contributed by atoms with van der Waals surface area (Å²) in [5.41, 5.74) is 1.85. The Bertz CT molecular complexity index is 1100. The van der Waals surface area contributed by atoms with Gasteiger partial charge >= 0.3 is 0 Å². The minimum Gasteiger partial charge on any atom is -0.353 e. The molecular formula is C21H25N5O2S2. The van der Waals surface area contributed by atoms with Gasteiger partial charge in [-0.3, -0.25) is 18.9 Å². The summed E-state index contributed by atoms with van der Waals surface area (Å²) in [5, 5.41) is 0. The quantitative estimate of drug-likeness (QED) is 0.531. The smallest absolute Gasteiger partial charge is 0.267 e. The lowest BCUT2D eigenvalue weighted by Crippen LogP contribution is -2.45.